The van der Waals surface area contributed by atoms with Crippen molar-refractivity contribution in [3.8, 4) is 0 Å². The number of nitrogens with zero attached hydrogens (tertiary/aromatic N) is 1. The van der Waals surface area contributed by atoms with Gasteiger partial charge in [-0.05, 0) is 19.1 Å². The van der Waals surface area contributed by atoms with Crippen molar-refractivity contribution in [3.05, 3.63) is 36.1 Å². The number of fused-ring (bicyclic) bond motifs is 1. The van der Waals surface area contributed by atoms with Crippen molar-refractivity contribution in [3.63, 3.8) is 0 Å². The van der Waals surface area contributed by atoms with Gasteiger partial charge < -0.3 is 14.6 Å². The molecule has 2 aromatic rings. The lowest BCUT2D eigenvalue weighted by Crippen LogP contribution is -2.38. The number of furan rings is 1. The molecule has 0 saturated carbocycles. The Labute approximate surface area is 126 Å². The van der Waals surface area contributed by atoms with Gasteiger partial charge in [0.05, 0.1) is 6.04 Å². The number of amides is 2. The molecule has 0 spiro atoms. The Bertz CT molecular complexity index is 649. The minimum atomic E-state index is -0.227. The second-order valence-corrected chi connectivity index (χ2v) is 6.06. The molecule has 6 heteroatoms. The number of carbonyl (C=O) groups is 2. The smallest absolute Gasteiger partial charge is 0.282 e. The minimum absolute atomic E-state index is 0.0264. The summed E-state index contributed by atoms with van der Waals surface area (Å²) in [5, 5.41) is 3.86. The molecule has 0 radical (unpaired) electrons. The summed E-state index contributed by atoms with van der Waals surface area (Å²) in [7, 11) is 0. The van der Waals surface area contributed by atoms with E-state index in [1.165, 1.54) is 11.8 Å². The molecule has 2 amide bonds. The molecule has 2 heterocycles. The Morgan fingerprint density at radius 1 is 1.48 bits per heavy atom. The molecule has 1 N–H and O–H groups in total. The summed E-state index contributed by atoms with van der Waals surface area (Å²) >= 11 is 1.25. The Kier molecular flexibility index (Phi) is 3.88. The van der Waals surface area contributed by atoms with Gasteiger partial charge in [0.15, 0.2) is 0 Å². The van der Waals surface area contributed by atoms with Crippen molar-refractivity contribution in [2.45, 2.75) is 13.0 Å². The van der Waals surface area contributed by atoms with Crippen molar-refractivity contribution in [2.24, 2.45) is 0 Å². The zero-order chi connectivity index (χ0) is 14.8. The van der Waals surface area contributed by atoms with Gasteiger partial charge in [0.2, 0.25) is 5.91 Å². The van der Waals surface area contributed by atoms with Crippen molar-refractivity contribution in [2.75, 3.05) is 18.8 Å². The number of para-hydroxylation sites is 1. The third-order valence-corrected chi connectivity index (χ3v) is 4.32. The van der Waals surface area contributed by atoms with Crippen LogP contribution in [0.3, 0.4) is 0 Å². The summed E-state index contributed by atoms with van der Waals surface area (Å²) in [6, 6.07) is 9.42. The van der Waals surface area contributed by atoms with Crippen molar-refractivity contribution in [1.29, 1.82) is 0 Å². The summed E-state index contributed by atoms with van der Waals surface area (Å²) in [4.78, 5) is 25.0. The van der Waals surface area contributed by atoms with Crippen LogP contribution in [0.2, 0.25) is 0 Å². The second-order valence-electron chi connectivity index (χ2n) is 5.01. The molecule has 1 atom stereocenters. The van der Waals surface area contributed by atoms with Crippen LogP contribution in [0, 0.1) is 0 Å². The van der Waals surface area contributed by atoms with Gasteiger partial charge in [-0.2, -0.15) is 0 Å². The monoisotopic (exact) mass is 304 g/mol. The molecular weight excluding hydrogens is 288 g/mol. The maximum atomic E-state index is 12.0. The van der Waals surface area contributed by atoms with E-state index < -0.39 is 0 Å². The van der Waals surface area contributed by atoms with Crippen molar-refractivity contribution < 1.29 is 14.0 Å². The molecule has 3 rings (SSSR count). The predicted octanol–water partition coefficient (Wildman–Crippen LogP) is 2.78. The molecule has 0 bridgehead atoms. The highest BCUT2D eigenvalue weighted by molar-refractivity contribution is 8.13. The molecular formula is C15H16N2O3S. The first-order chi connectivity index (χ1) is 10.1. The van der Waals surface area contributed by atoms with E-state index in [4.69, 9.17) is 4.42 Å². The first-order valence-electron chi connectivity index (χ1n) is 6.83. The van der Waals surface area contributed by atoms with Crippen molar-refractivity contribution >= 4 is 33.9 Å². The Balaban J connectivity index is 1.63. The third kappa shape index (κ3) is 3.05. The van der Waals surface area contributed by atoms with Crippen molar-refractivity contribution in [1.82, 2.24) is 10.2 Å². The molecule has 5 nitrogen and oxygen atoms in total. The maximum absolute atomic E-state index is 12.0. The van der Waals surface area contributed by atoms with E-state index in [0.29, 0.717) is 12.3 Å². The number of thioether (sulfide) groups is 1. The number of rotatable bonds is 4. The van der Waals surface area contributed by atoms with Crippen LogP contribution in [-0.2, 0) is 4.79 Å². The Morgan fingerprint density at radius 3 is 3.00 bits per heavy atom. The molecule has 1 aliphatic heterocycles. The standard InChI is InChI=1S/C15H16N2O3S/c1-10(13-8-11-4-2-3-5-12(11)20-13)16-14(18)9-17-6-7-21-15(17)19/h2-5,8,10H,6-7,9H2,1H3,(H,16,18)/t10-/m0/s1. The summed E-state index contributed by atoms with van der Waals surface area (Å²) in [6.45, 7) is 2.61. The molecule has 1 saturated heterocycles. The highest BCUT2D eigenvalue weighted by Gasteiger charge is 2.24. The molecule has 0 aliphatic carbocycles. The fourth-order valence-electron chi connectivity index (χ4n) is 2.32. The molecule has 1 fully saturated rings. The van der Waals surface area contributed by atoms with Gasteiger partial charge in [-0.3, -0.25) is 9.59 Å². The number of hydrogen-bond donors (Lipinski definition) is 1. The Hall–Kier alpha value is -1.95. The highest BCUT2D eigenvalue weighted by Crippen LogP contribution is 2.23. The van der Waals surface area contributed by atoms with Crippen LogP contribution in [0.25, 0.3) is 11.0 Å². The van der Waals surface area contributed by atoms with E-state index in [-0.39, 0.29) is 23.7 Å². The predicted molar refractivity (Wildman–Crippen MR) is 82.2 cm³/mol. The van der Waals surface area contributed by atoms with Crippen LogP contribution in [0.5, 0.6) is 0 Å². The normalized spacial score (nSPS) is 16.4. The van der Waals surface area contributed by atoms with Gasteiger partial charge in [0.25, 0.3) is 5.24 Å². The average molecular weight is 304 g/mol. The van der Waals surface area contributed by atoms with Crippen LogP contribution in [0.1, 0.15) is 18.7 Å². The van der Waals surface area contributed by atoms with E-state index in [2.05, 4.69) is 5.32 Å². The van der Waals surface area contributed by atoms with Gasteiger partial charge >= 0.3 is 0 Å². The first kappa shape index (κ1) is 14.0. The third-order valence-electron chi connectivity index (χ3n) is 3.43. The van der Waals surface area contributed by atoms with Crippen LogP contribution in [-0.4, -0.2) is 34.9 Å². The lowest BCUT2D eigenvalue weighted by Gasteiger charge is -2.16. The fraction of sp³-hybridized carbons (Fsp3) is 0.333. The molecule has 1 aromatic carbocycles. The average Bonchev–Trinajstić information content (AvgIpc) is 3.05. The number of hydrogen-bond acceptors (Lipinski definition) is 4. The molecule has 1 aromatic heterocycles. The van der Waals surface area contributed by atoms with Gasteiger partial charge in [-0.25, -0.2) is 0 Å². The van der Waals surface area contributed by atoms with E-state index >= 15 is 0 Å². The largest absolute Gasteiger partial charge is 0.459 e. The minimum Gasteiger partial charge on any atom is -0.459 e. The highest BCUT2D eigenvalue weighted by atomic mass is 32.2. The zero-order valence-electron chi connectivity index (χ0n) is 11.7. The Morgan fingerprint density at radius 2 is 2.29 bits per heavy atom. The van der Waals surface area contributed by atoms with Crippen LogP contribution in [0.4, 0.5) is 4.79 Å². The van der Waals surface area contributed by atoms with Crippen LogP contribution >= 0.6 is 11.8 Å². The SMILES string of the molecule is C[C@H](NC(=O)CN1CCSC1=O)c1cc2ccccc2o1. The van der Waals surface area contributed by atoms with E-state index in [1.54, 1.807) is 4.90 Å². The van der Waals surface area contributed by atoms with E-state index in [0.717, 1.165) is 16.7 Å². The lowest BCUT2D eigenvalue weighted by molar-refractivity contribution is -0.122. The van der Waals surface area contributed by atoms with Gasteiger partial charge in [0.1, 0.15) is 17.9 Å². The summed E-state index contributed by atoms with van der Waals surface area (Å²) in [5.41, 5.74) is 0.805. The zero-order valence-corrected chi connectivity index (χ0v) is 12.5. The van der Waals surface area contributed by atoms with E-state index in [9.17, 15) is 9.59 Å². The van der Waals surface area contributed by atoms with Crippen LogP contribution < -0.4 is 5.32 Å². The molecule has 0 unspecified atom stereocenters. The van der Waals surface area contributed by atoms with Crippen LogP contribution in [0.15, 0.2) is 34.7 Å². The fourth-order valence-corrected chi connectivity index (χ4v) is 3.14. The first-order valence-corrected chi connectivity index (χ1v) is 7.81. The van der Waals surface area contributed by atoms with Gasteiger partial charge in [0, 0.05) is 17.7 Å². The maximum Gasteiger partial charge on any atom is 0.282 e. The summed E-state index contributed by atoms with van der Waals surface area (Å²) < 4.78 is 5.72. The number of carbonyl (C=O) groups excluding carboxylic acids is 2. The quantitative estimate of drug-likeness (QED) is 0.943. The molecule has 21 heavy (non-hydrogen) atoms. The number of benzene rings is 1. The van der Waals surface area contributed by atoms with Gasteiger partial charge in [-0.15, -0.1) is 0 Å². The van der Waals surface area contributed by atoms with Gasteiger partial charge in [-0.1, -0.05) is 30.0 Å². The lowest BCUT2D eigenvalue weighted by atomic mass is 10.2. The summed E-state index contributed by atoms with van der Waals surface area (Å²) in [6.07, 6.45) is 0. The molecule has 1 aliphatic rings. The molecule has 110 valence electrons. The second kappa shape index (κ2) is 5.81. The number of nitrogens with one attached hydrogen (secondary N) is 1. The topological polar surface area (TPSA) is 62.6 Å². The summed E-state index contributed by atoms with van der Waals surface area (Å²) in [5.74, 6) is 1.30. The van der Waals surface area contributed by atoms with E-state index in [1.807, 2.05) is 37.3 Å².